The minimum atomic E-state index is 1.04. The molecule has 2 nitrogen and oxygen atoms in total. The lowest BCUT2D eigenvalue weighted by Crippen LogP contribution is -1.83. The highest BCUT2D eigenvalue weighted by Gasteiger charge is 2.03. The second kappa shape index (κ2) is 3.68. The number of benzene rings is 1. The minimum Gasteiger partial charge on any atom is -0.256 e. The number of fused-ring (bicyclic) bond motifs is 1. The lowest BCUT2D eigenvalue weighted by atomic mass is 10.1. The number of thiazole rings is 1. The van der Waals surface area contributed by atoms with Crippen LogP contribution in [0.25, 0.3) is 21.3 Å². The Morgan fingerprint density at radius 2 is 2.19 bits per heavy atom. The first-order valence-corrected chi connectivity index (χ1v) is 5.89. The summed E-state index contributed by atoms with van der Waals surface area (Å²) in [5, 5.41) is 1.20. The third-order valence-corrected chi connectivity index (χ3v) is 3.38. The summed E-state index contributed by atoms with van der Waals surface area (Å²) in [4.78, 5) is 9.40. The van der Waals surface area contributed by atoms with Crippen molar-refractivity contribution in [1.82, 2.24) is 9.97 Å². The lowest BCUT2D eigenvalue weighted by Gasteiger charge is -2.03. The molecule has 1 radical (unpaired) electrons. The SMILES string of the molecule is Cc1ccnc2ccc(-c3[c]ncs3)cc12. The van der Waals surface area contributed by atoms with Gasteiger partial charge in [-0.1, -0.05) is 6.07 Å². The molecule has 1 aromatic carbocycles. The normalized spacial score (nSPS) is 10.8. The molecule has 0 N–H and O–H groups in total. The third kappa shape index (κ3) is 1.49. The van der Waals surface area contributed by atoms with Crippen LogP contribution < -0.4 is 0 Å². The maximum atomic E-state index is 4.34. The summed E-state index contributed by atoms with van der Waals surface area (Å²) in [6.45, 7) is 2.10. The minimum absolute atomic E-state index is 1.04. The summed E-state index contributed by atoms with van der Waals surface area (Å²) in [6.07, 6.45) is 4.83. The first-order chi connectivity index (χ1) is 7.84. The molecule has 0 unspecified atom stereocenters. The van der Waals surface area contributed by atoms with Crippen LogP contribution in [0, 0.1) is 13.1 Å². The Kier molecular flexibility index (Phi) is 2.18. The van der Waals surface area contributed by atoms with E-state index in [1.165, 1.54) is 10.9 Å². The van der Waals surface area contributed by atoms with E-state index >= 15 is 0 Å². The van der Waals surface area contributed by atoms with Gasteiger partial charge >= 0.3 is 0 Å². The Morgan fingerprint density at radius 1 is 1.25 bits per heavy atom. The van der Waals surface area contributed by atoms with E-state index in [2.05, 4.69) is 35.2 Å². The maximum Gasteiger partial charge on any atom is 0.109 e. The van der Waals surface area contributed by atoms with Crippen LogP contribution in [0.15, 0.2) is 36.0 Å². The molecule has 77 valence electrons. The molecule has 0 bridgehead atoms. The van der Waals surface area contributed by atoms with Crippen LogP contribution in [0.5, 0.6) is 0 Å². The van der Waals surface area contributed by atoms with Gasteiger partial charge in [0.15, 0.2) is 0 Å². The summed E-state index contributed by atoms with van der Waals surface area (Å²) < 4.78 is 0. The van der Waals surface area contributed by atoms with Crippen molar-refractivity contribution < 1.29 is 0 Å². The lowest BCUT2D eigenvalue weighted by molar-refractivity contribution is 1.37. The van der Waals surface area contributed by atoms with Crippen molar-refractivity contribution in [3.8, 4) is 10.4 Å². The van der Waals surface area contributed by atoms with Gasteiger partial charge in [0.25, 0.3) is 0 Å². The molecule has 0 atom stereocenters. The number of hydrogen-bond donors (Lipinski definition) is 0. The summed E-state index contributed by atoms with van der Waals surface area (Å²) in [6, 6.07) is 8.30. The molecular weight excluding hydrogens is 216 g/mol. The van der Waals surface area contributed by atoms with E-state index in [0.717, 1.165) is 16.0 Å². The predicted molar refractivity (Wildman–Crippen MR) is 66.4 cm³/mol. The van der Waals surface area contributed by atoms with Crippen molar-refractivity contribution in [1.29, 1.82) is 0 Å². The molecule has 0 saturated heterocycles. The molecule has 0 aliphatic carbocycles. The van der Waals surface area contributed by atoms with Gasteiger partial charge in [-0.25, -0.2) is 4.98 Å². The zero-order valence-corrected chi connectivity index (χ0v) is 9.58. The van der Waals surface area contributed by atoms with Gasteiger partial charge in [-0.2, -0.15) is 0 Å². The zero-order chi connectivity index (χ0) is 11.0. The largest absolute Gasteiger partial charge is 0.256 e. The Labute approximate surface area is 97.6 Å². The van der Waals surface area contributed by atoms with Crippen molar-refractivity contribution >= 4 is 22.2 Å². The van der Waals surface area contributed by atoms with E-state index in [-0.39, 0.29) is 0 Å². The molecule has 0 aliphatic heterocycles. The zero-order valence-electron chi connectivity index (χ0n) is 8.77. The average Bonchev–Trinajstić information content (AvgIpc) is 2.83. The van der Waals surface area contributed by atoms with Crippen LogP contribution in [-0.2, 0) is 0 Å². The van der Waals surface area contributed by atoms with Crippen LogP contribution >= 0.6 is 11.3 Å². The smallest absolute Gasteiger partial charge is 0.109 e. The third-order valence-electron chi connectivity index (χ3n) is 2.61. The number of aryl methyl sites for hydroxylation is 1. The van der Waals surface area contributed by atoms with E-state index in [1.54, 1.807) is 16.8 Å². The quantitative estimate of drug-likeness (QED) is 0.633. The number of nitrogens with zero attached hydrogens (tertiary/aromatic N) is 2. The van der Waals surface area contributed by atoms with Gasteiger partial charge in [-0.05, 0) is 36.2 Å². The first-order valence-electron chi connectivity index (χ1n) is 5.01. The number of pyridine rings is 1. The molecule has 0 amide bonds. The van der Waals surface area contributed by atoms with Gasteiger partial charge in [-0.3, -0.25) is 4.98 Å². The topological polar surface area (TPSA) is 25.8 Å². The van der Waals surface area contributed by atoms with Gasteiger partial charge in [0, 0.05) is 11.6 Å². The molecule has 3 rings (SSSR count). The van der Waals surface area contributed by atoms with E-state index < -0.39 is 0 Å². The highest BCUT2D eigenvalue weighted by atomic mass is 32.1. The highest BCUT2D eigenvalue weighted by Crippen LogP contribution is 2.27. The Bertz CT molecular complexity index is 629. The second-order valence-corrected chi connectivity index (χ2v) is 4.51. The fourth-order valence-electron chi connectivity index (χ4n) is 1.75. The van der Waals surface area contributed by atoms with Crippen LogP contribution in [0.3, 0.4) is 0 Å². The monoisotopic (exact) mass is 225 g/mol. The number of aromatic nitrogens is 2. The summed E-state index contributed by atoms with van der Waals surface area (Å²) in [5.74, 6) is 0. The molecule has 0 saturated carbocycles. The number of hydrogen-bond acceptors (Lipinski definition) is 3. The fourth-order valence-corrected chi connectivity index (χ4v) is 2.33. The van der Waals surface area contributed by atoms with Crippen LogP contribution in [0.1, 0.15) is 5.56 Å². The van der Waals surface area contributed by atoms with Crippen LogP contribution in [-0.4, -0.2) is 9.97 Å². The standard InChI is InChI=1S/C13H9N2S/c1-9-4-5-15-12-3-2-10(6-11(9)12)13-7-14-8-16-13/h2-6,8H,1H3. The van der Waals surface area contributed by atoms with Gasteiger partial charge in [0.2, 0.25) is 0 Å². The Balaban J connectivity index is 2.27. The fraction of sp³-hybridized carbons (Fsp3) is 0.0769. The Hall–Kier alpha value is -1.74. The van der Waals surface area contributed by atoms with Crippen molar-refractivity contribution in [2.24, 2.45) is 0 Å². The number of rotatable bonds is 1. The van der Waals surface area contributed by atoms with Gasteiger partial charge < -0.3 is 0 Å². The molecule has 0 fully saturated rings. The van der Waals surface area contributed by atoms with Crippen LogP contribution in [0.2, 0.25) is 0 Å². The summed E-state index contributed by atoms with van der Waals surface area (Å²) in [5.41, 5.74) is 5.24. The van der Waals surface area contributed by atoms with Crippen molar-refractivity contribution in [2.45, 2.75) is 6.92 Å². The molecule has 3 heteroatoms. The predicted octanol–water partition coefficient (Wildman–Crippen LogP) is 3.47. The summed E-state index contributed by atoms with van der Waals surface area (Å²) in [7, 11) is 0. The average molecular weight is 225 g/mol. The van der Waals surface area contributed by atoms with Gasteiger partial charge in [0.1, 0.15) is 6.20 Å². The molecular formula is C13H9N2S. The van der Waals surface area contributed by atoms with Crippen LogP contribution in [0.4, 0.5) is 0 Å². The Morgan fingerprint density at radius 3 is 3.00 bits per heavy atom. The molecule has 3 aromatic rings. The van der Waals surface area contributed by atoms with Crippen molar-refractivity contribution in [3.05, 3.63) is 47.7 Å². The molecule has 0 aliphatic rings. The molecule has 16 heavy (non-hydrogen) atoms. The van der Waals surface area contributed by atoms with E-state index in [0.29, 0.717) is 0 Å². The van der Waals surface area contributed by atoms with Crippen molar-refractivity contribution in [2.75, 3.05) is 0 Å². The second-order valence-electron chi connectivity index (χ2n) is 3.65. The molecule has 0 spiro atoms. The van der Waals surface area contributed by atoms with E-state index in [9.17, 15) is 0 Å². The maximum absolute atomic E-state index is 4.34. The van der Waals surface area contributed by atoms with Gasteiger partial charge in [-0.15, -0.1) is 11.3 Å². The van der Waals surface area contributed by atoms with E-state index in [1.807, 2.05) is 18.3 Å². The molecule has 2 aromatic heterocycles. The van der Waals surface area contributed by atoms with Gasteiger partial charge in [0.05, 0.1) is 15.9 Å². The summed E-state index contributed by atoms with van der Waals surface area (Å²) >= 11 is 1.60. The van der Waals surface area contributed by atoms with E-state index in [4.69, 9.17) is 0 Å². The van der Waals surface area contributed by atoms with Crippen molar-refractivity contribution in [3.63, 3.8) is 0 Å². The molecule has 2 heterocycles. The first kappa shape index (κ1) is 9.48. The highest BCUT2D eigenvalue weighted by molar-refractivity contribution is 7.13.